The van der Waals surface area contributed by atoms with Crippen molar-refractivity contribution in [1.29, 1.82) is 0 Å². The summed E-state index contributed by atoms with van der Waals surface area (Å²) in [4.78, 5) is 18.1. The molecule has 0 unspecified atom stereocenters. The van der Waals surface area contributed by atoms with Crippen molar-refractivity contribution in [3.05, 3.63) is 47.2 Å². The molecule has 0 spiro atoms. The van der Waals surface area contributed by atoms with Gasteiger partial charge in [0.15, 0.2) is 5.65 Å². The lowest BCUT2D eigenvalue weighted by atomic mass is 10.1. The van der Waals surface area contributed by atoms with Crippen molar-refractivity contribution >= 4 is 16.9 Å². The number of unbranched alkanes of at least 4 members (excludes halogenated alkanes) is 1. The molecule has 3 aromatic heterocycles. The van der Waals surface area contributed by atoms with Crippen LogP contribution in [0.4, 0.5) is 0 Å². The monoisotopic (exact) mass is 394 g/mol. The minimum Gasteiger partial charge on any atom is -0.469 e. The molecule has 3 heterocycles. The number of aromatic nitrogens is 3. The van der Waals surface area contributed by atoms with Gasteiger partial charge in [-0.15, -0.1) is 0 Å². The van der Waals surface area contributed by atoms with Gasteiger partial charge in [-0.05, 0) is 57.7 Å². The van der Waals surface area contributed by atoms with E-state index in [0.29, 0.717) is 11.5 Å². The van der Waals surface area contributed by atoms with Crippen molar-refractivity contribution in [3.8, 4) is 0 Å². The van der Waals surface area contributed by atoms with E-state index >= 15 is 0 Å². The molecular formula is C23H30N4O2. The lowest BCUT2D eigenvalue weighted by Crippen LogP contribution is -2.33. The Morgan fingerprint density at radius 3 is 2.93 bits per heavy atom. The lowest BCUT2D eigenvalue weighted by Gasteiger charge is -2.15. The van der Waals surface area contributed by atoms with Crippen LogP contribution in [0.15, 0.2) is 28.9 Å². The quantitative estimate of drug-likeness (QED) is 0.568. The predicted octanol–water partition coefficient (Wildman–Crippen LogP) is 4.76. The van der Waals surface area contributed by atoms with Gasteiger partial charge in [0, 0.05) is 30.6 Å². The minimum absolute atomic E-state index is 0.0376. The first kappa shape index (κ1) is 19.7. The minimum atomic E-state index is -0.0376. The fraction of sp³-hybridized carbons (Fsp3) is 0.522. The molecule has 1 saturated carbocycles. The van der Waals surface area contributed by atoms with Crippen molar-refractivity contribution < 1.29 is 9.21 Å². The Labute approximate surface area is 171 Å². The van der Waals surface area contributed by atoms with Gasteiger partial charge in [-0.1, -0.05) is 13.3 Å². The number of pyridine rings is 1. The molecule has 6 heteroatoms. The van der Waals surface area contributed by atoms with Crippen molar-refractivity contribution in [2.24, 2.45) is 0 Å². The van der Waals surface area contributed by atoms with Gasteiger partial charge in [0.25, 0.3) is 5.91 Å². The van der Waals surface area contributed by atoms with E-state index < -0.39 is 0 Å². The molecule has 0 aromatic carbocycles. The highest BCUT2D eigenvalue weighted by atomic mass is 16.3. The number of furan rings is 1. The maximum absolute atomic E-state index is 13.2. The molecule has 0 saturated heterocycles. The van der Waals surface area contributed by atoms with Gasteiger partial charge in [0.2, 0.25) is 0 Å². The van der Waals surface area contributed by atoms with Gasteiger partial charge in [-0.25, -0.2) is 9.67 Å². The van der Waals surface area contributed by atoms with Gasteiger partial charge in [0.1, 0.15) is 5.76 Å². The fourth-order valence-corrected chi connectivity index (χ4v) is 3.79. The van der Waals surface area contributed by atoms with Crippen molar-refractivity contribution in [2.45, 2.75) is 77.8 Å². The van der Waals surface area contributed by atoms with Crippen LogP contribution in [0, 0.1) is 6.92 Å². The third-order valence-corrected chi connectivity index (χ3v) is 5.64. The van der Waals surface area contributed by atoms with Crippen molar-refractivity contribution in [3.63, 3.8) is 0 Å². The number of carbonyl (C=O) groups excluding carboxylic acids is 1. The number of nitrogens with zero attached hydrogens (tertiary/aromatic N) is 3. The van der Waals surface area contributed by atoms with Crippen LogP contribution in [-0.2, 0) is 13.0 Å². The first-order valence-corrected chi connectivity index (χ1v) is 10.8. The third kappa shape index (κ3) is 4.36. The topological polar surface area (TPSA) is 73.0 Å². The number of aryl methyl sites for hydroxylation is 3. The number of carbonyl (C=O) groups is 1. The van der Waals surface area contributed by atoms with Gasteiger partial charge >= 0.3 is 0 Å². The number of hydrogen-bond acceptors (Lipinski definition) is 4. The summed E-state index contributed by atoms with van der Waals surface area (Å²) in [5.74, 6) is 1.39. The van der Waals surface area contributed by atoms with E-state index in [0.717, 1.165) is 73.3 Å². The Morgan fingerprint density at radius 2 is 2.24 bits per heavy atom. The lowest BCUT2D eigenvalue weighted by molar-refractivity contribution is 0.0939. The van der Waals surface area contributed by atoms with E-state index in [1.54, 1.807) is 6.26 Å². The van der Waals surface area contributed by atoms with Crippen LogP contribution in [-0.4, -0.2) is 26.7 Å². The van der Waals surface area contributed by atoms with Gasteiger partial charge in [-0.2, -0.15) is 5.10 Å². The largest absolute Gasteiger partial charge is 0.469 e. The Bertz CT molecular complexity index is 986. The Morgan fingerprint density at radius 1 is 1.41 bits per heavy atom. The van der Waals surface area contributed by atoms with E-state index in [1.165, 1.54) is 0 Å². The summed E-state index contributed by atoms with van der Waals surface area (Å²) in [7, 11) is 0. The highest BCUT2D eigenvalue weighted by Gasteiger charge is 2.29. The highest BCUT2D eigenvalue weighted by molar-refractivity contribution is 6.06. The van der Waals surface area contributed by atoms with E-state index in [-0.39, 0.29) is 11.9 Å². The second-order valence-electron chi connectivity index (χ2n) is 8.22. The number of amides is 1. The first-order valence-electron chi connectivity index (χ1n) is 10.8. The molecule has 0 bridgehead atoms. The second-order valence-corrected chi connectivity index (χ2v) is 8.22. The molecule has 1 amide bonds. The third-order valence-electron chi connectivity index (χ3n) is 5.64. The molecule has 1 aliphatic rings. The van der Waals surface area contributed by atoms with Crippen LogP contribution in [0.3, 0.4) is 0 Å². The first-order chi connectivity index (χ1) is 14.1. The van der Waals surface area contributed by atoms with Crippen molar-refractivity contribution in [1.82, 2.24) is 20.1 Å². The Kier molecular flexibility index (Phi) is 5.69. The molecule has 29 heavy (non-hydrogen) atoms. The standard InChI is InChI=1S/C23H30N4O2/c1-4-5-12-27-22-21(16(3)26-27)19(14-20(25-22)17-9-10-17)23(28)24-15(2)8-11-18-7-6-13-29-18/h6-7,13-15,17H,4-5,8-12H2,1-3H3,(H,24,28)/t15-/m0/s1. The summed E-state index contributed by atoms with van der Waals surface area (Å²) in [6.45, 7) is 7.02. The van der Waals surface area contributed by atoms with Crippen LogP contribution in [0.5, 0.6) is 0 Å². The summed E-state index contributed by atoms with van der Waals surface area (Å²) >= 11 is 0. The number of fused-ring (bicyclic) bond motifs is 1. The normalized spacial score (nSPS) is 15.0. The summed E-state index contributed by atoms with van der Waals surface area (Å²) in [6.07, 6.45) is 7.78. The van der Waals surface area contributed by atoms with Gasteiger partial charge in [0.05, 0.1) is 22.9 Å². The summed E-state index contributed by atoms with van der Waals surface area (Å²) in [5.41, 5.74) is 3.47. The molecule has 154 valence electrons. The molecule has 0 aliphatic heterocycles. The van der Waals surface area contributed by atoms with E-state index in [2.05, 4.69) is 12.2 Å². The number of hydrogen-bond donors (Lipinski definition) is 1. The zero-order chi connectivity index (χ0) is 20.4. The summed E-state index contributed by atoms with van der Waals surface area (Å²) in [6, 6.07) is 5.91. The Hall–Kier alpha value is -2.63. The van der Waals surface area contributed by atoms with Crippen LogP contribution >= 0.6 is 0 Å². The highest BCUT2D eigenvalue weighted by Crippen LogP contribution is 2.40. The maximum atomic E-state index is 13.2. The maximum Gasteiger partial charge on any atom is 0.252 e. The molecule has 1 fully saturated rings. The fourth-order valence-electron chi connectivity index (χ4n) is 3.79. The molecule has 1 N–H and O–H groups in total. The van der Waals surface area contributed by atoms with Gasteiger partial charge in [-0.3, -0.25) is 4.79 Å². The smallest absolute Gasteiger partial charge is 0.252 e. The molecule has 1 atom stereocenters. The van der Waals surface area contributed by atoms with E-state index in [1.807, 2.05) is 36.7 Å². The Balaban J connectivity index is 1.59. The second kappa shape index (κ2) is 8.39. The van der Waals surface area contributed by atoms with E-state index in [9.17, 15) is 4.79 Å². The summed E-state index contributed by atoms with van der Waals surface area (Å²) < 4.78 is 7.38. The number of rotatable bonds is 9. The van der Waals surface area contributed by atoms with Crippen LogP contribution in [0.2, 0.25) is 0 Å². The van der Waals surface area contributed by atoms with Crippen LogP contribution in [0.25, 0.3) is 11.0 Å². The molecule has 3 aromatic rings. The zero-order valence-electron chi connectivity index (χ0n) is 17.6. The zero-order valence-corrected chi connectivity index (χ0v) is 17.6. The average molecular weight is 395 g/mol. The average Bonchev–Trinajstić information content (AvgIpc) is 3.34. The molecule has 6 nitrogen and oxygen atoms in total. The number of nitrogens with one attached hydrogen (secondary N) is 1. The molecule has 0 radical (unpaired) electrons. The molecule has 4 rings (SSSR count). The van der Waals surface area contributed by atoms with Crippen LogP contribution < -0.4 is 5.32 Å². The van der Waals surface area contributed by atoms with E-state index in [4.69, 9.17) is 14.5 Å². The predicted molar refractivity (Wildman–Crippen MR) is 113 cm³/mol. The van der Waals surface area contributed by atoms with Crippen LogP contribution in [0.1, 0.15) is 79.4 Å². The molecule has 1 aliphatic carbocycles. The van der Waals surface area contributed by atoms with Gasteiger partial charge < -0.3 is 9.73 Å². The summed E-state index contributed by atoms with van der Waals surface area (Å²) in [5, 5.41) is 8.76. The SMILES string of the molecule is CCCCn1nc(C)c2c(C(=O)N[C@@H](C)CCc3ccco3)cc(C3CC3)nc21. The van der Waals surface area contributed by atoms with Crippen molar-refractivity contribution in [2.75, 3.05) is 0 Å². The molecular weight excluding hydrogens is 364 g/mol.